The summed E-state index contributed by atoms with van der Waals surface area (Å²) in [5, 5.41) is 9.37. The minimum Gasteiger partial charge on any atom is -0.497 e. The molecule has 0 saturated heterocycles. The quantitative estimate of drug-likeness (QED) is 0.642. The maximum absolute atomic E-state index is 12.0. The van der Waals surface area contributed by atoms with E-state index in [-0.39, 0.29) is 17.1 Å². The van der Waals surface area contributed by atoms with E-state index in [9.17, 15) is 13.5 Å². The maximum Gasteiger partial charge on any atom is 0.242 e. The SMILES string of the molecule is CCC(O)CCNS(=O)(=O)c1ccc(OC)cc1N. The Morgan fingerprint density at radius 3 is 2.68 bits per heavy atom. The number of anilines is 1. The molecule has 4 N–H and O–H groups in total. The predicted molar refractivity (Wildman–Crippen MR) is 73.5 cm³/mol. The Kier molecular flexibility index (Phi) is 5.59. The molecule has 0 bridgehead atoms. The third kappa shape index (κ3) is 4.38. The normalized spacial score (nSPS) is 13.2. The van der Waals surface area contributed by atoms with Crippen molar-refractivity contribution in [3.63, 3.8) is 0 Å². The van der Waals surface area contributed by atoms with Gasteiger partial charge in [0.05, 0.1) is 18.9 Å². The van der Waals surface area contributed by atoms with E-state index in [1.807, 2.05) is 6.92 Å². The number of ether oxygens (including phenoxy) is 1. The summed E-state index contributed by atoms with van der Waals surface area (Å²) in [6, 6.07) is 4.38. The number of rotatable bonds is 7. The molecule has 0 aliphatic rings. The molecule has 7 heteroatoms. The highest BCUT2D eigenvalue weighted by molar-refractivity contribution is 7.89. The molecule has 19 heavy (non-hydrogen) atoms. The average Bonchev–Trinajstić information content (AvgIpc) is 2.37. The van der Waals surface area contributed by atoms with Gasteiger partial charge in [0.2, 0.25) is 10.0 Å². The van der Waals surface area contributed by atoms with Crippen molar-refractivity contribution in [2.45, 2.75) is 30.8 Å². The average molecular weight is 288 g/mol. The van der Waals surface area contributed by atoms with Crippen molar-refractivity contribution in [2.75, 3.05) is 19.4 Å². The van der Waals surface area contributed by atoms with Gasteiger partial charge in [-0.05, 0) is 25.0 Å². The van der Waals surface area contributed by atoms with E-state index < -0.39 is 16.1 Å². The number of nitrogens with two attached hydrogens (primary N) is 1. The molecule has 0 fully saturated rings. The first-order valence-corrected chi connectivity index (χ1v) is 7.50. The Balaban J connectivity index is 2.77. The van der Waals surface area contributed by atoms with Crippen LogP contribution < -0.4 is 15.2 Å². The van der Waals surface area contributed by atoms with Gasteiger partial charge < -0.3 is 15.6 Å². The second-order valence-electron chi connectivity index (χ2n) is 4.15. The number of nitrogen functional groups attached to an aromatic ring is 1. The zero-order valence-corrected chi connectivity index (χ0v) is 11.9. The summed E-state index contributed by atoms with van der Waals surface area (Å²) in [5.41, 5.74) is 5.82. The monoisotopic (exact) mass is 288 g/mol. The summed E-state index contributed by atoms with van der Waals surface area (Å²) < 4.78 is 31.4. The summed E-state index contributed by atoms with van der Waals surface area (Å²) in [6.45, 7) is 2.00. The van der Waals surface area contributed by atoms with Crippen LogP contribution in [0.1, 0.15) is 19.8 Å². The molecule has 1 unspecified atom stereocenters. The Morgan fingerprint density at radius 1 is 1.47 bits per heavy atom. The fraction of sp³-hybridized carbons (Fsp3) is 0.500. The highest BCUT2D eigenvalue weighted by atomic mass is 32.2. The van der Waals surface area contributed by atoms with Gasteiger partial charge in [-0.1, -0.05) is 6.92 Å². The lowest BCUT2D eigenvalue weighted by Gasteiger charge is -2.11. The lowest BCUT2D eigenvalue weighted by Crippen LogP contribution is -2.27. The van der Waals surface area contributed by atoms with Crippen molar-refractivity contribution >= 4 is 15.7 Å². The van der Waals surface area contributed by atoms with Crippen LogP contribution in [0.5, 0.6) is 5.75 Å². The van der Waals surface area contributed by atoms with Gasteiger partial charge >= 0.3 is 0 Å². The first-order chi connectivity index (χ1) is 8.90. The molecular weight excluding hydrogens is 268 g/mol. The van der Waals surface area contributed by atoms with Gasteiger partial charge in [-0.15, -0.1) is 0 Å². The second-order valence-corrected chi connectivity index (χ2v) is 5.89. The van der Waals surface area contributed by atoms with Crippen LogP contribution >= 0.6 is 0 Å². The molecule has 0 saturated carbocycles. The van der Waals surface area contributed by atoms with E-state index in [2.05, 4.69) is 4.72 Å². The summed E-state index contributed by atoms with van der Waals surface area (Å²) in [5.74, 6) is 0.498. The third-order valence-electron chi connectivity index (χ3n) is 2.75. The molecule has 0 heterocycles. The van der Waals surface area contributed by atoms with Crippen molar-refractivity contribution in [1.82, 2.24) is 4.72 Å². The van der Waals surface area contributed by atoms with E-state index >= 15 is 0 Å². The van der Waals surface area contributed by atoms with Crippen LogP contribution in [-0.2, 0) is 10.0 Å². The molecule has 0 aliphatic heterocycles. The standard InChI is InChI=1S/C12H20N2O4S/c1-3-9(15)6-7-14-19(16,17)12-5-4-10(18-2)8-11(12)13/h4-5,8-9,14-15H,3,6-7,13H2,1-2H3. The smallest absolute Gasteiger partial charge is 0.242 e. The van der Waals surface area contributed by atoms with Crippen molar-refractivity contribution in [1.29, 1.82) is 0 Å². The number of sulfonamides is 1. The van der Waals surface area contributed by atoms with Gasteiger partial charge in [-0.2, -0.15) is 0 Å². The first-order valence-electron chi connectivity index (χ1n) is 6.02. The number of hydrogen-bond donors (Lipinski definition) is 3. The largest absolute Gasteiger partial charge is 0.497 e. The molecule has 108 valence electrons. The van der Waals surface area contributed by atoms with Crippen molar-refractivity contribution in [3.05, 3.63) is 18.2 Å². The van der Waals surface area contributed by atoms with Gasteiger partial charge in [0.25, 0.3) is 0 Å². The van der Waals surface area contributed by atoms with Crippen LogP contribution in [0.3, 0.4) is 0 Å². The number of aliphatic hydroxyl groups is 1. The number of benzene rings is 1. The molecule has 0 spiro atoms. The lowest BCUT2D eigenvalue weighted by atomic mass is 10.2. The number of nitrogens with one attached hydrogen (secondary N) is 1. The molecular formula is C12H20N2O4S. The van der Waals surface area contributed by atoms with Crippen LogP contribution in [0.15, 0.2) is 23.1 Å². The van der Waals surface area contributed by atoms with Gasteiger partial charge in [0.15, 0.2) is 0 Å². The molecule has 1 atom stereocenters. The van der Waals surface area contributed by atoms with Gasteiger partial charge in [-0.3, -0.25) is 0 Å². The predicted octanol–water partition coefficient (Wildman–Crippen LogP) is 0.717. The van der Waals surface area contributed by atoms with Crippen LogP contribution in [0.2, 0.25) is 0 Å². The van der Waals surface area contributed by atoms with Crippen molar-refractivity contribution in [3.8, 4) is 5.75 Å². The molecule has 1 aromatic carbocycles. The van der Waals surface area contributed by atoms with Crippen molar-refractivity contribution in [2.24, 2.45) is 0 Å². The highest BCUT2D eigenvalue weighted by Crippen LogP contribution is 2.23. The van der Waals surface area contributed by atoms with Crippen LogP contribution in [-0.4, -0.2) is 33.3 Å². The van der Waals surface area contributed by atoms with Gasteiger partial charge in [0.1, 0.15) is 10.6 Å². The summed E-state index contributed by atoms with van der Waals surface area (Å²) in [4.78, 5) is 0.0132. The second kappa shape index (κ2) is 6.74. The van der Waals surface area contributed by atoms with E-state index in [0.29, 0.717) is 18.6 Å². The fourth-order valence-corrected chi connectivity index (χ4v) is 2.70. The maximum atomic E-state index is 12.0. The Hall–Kier alpha value is -1.31. The molecule has 0 amide bonds. The summed E-state index contributed by atoms with van der Waals surface area (Å²) in [7, 11) is -2.18. The molecule has 1 rings (SSSR count). The van der Waals surface area contributed by atoms with E-state index in [1.165, 1.54) is 25.3 Å². The van der Waals surface area contributed by atoms with Crippen LogP contribution in [0.4, 0.5) is 5.69 Å². The Morgan fingerprint density at radius 2 is 2.16 bits per heavy atom. The van der Waals surface area contributed by atoms with Crippen LogP contribution in [0.25, 0.3) is 0 Å². The Labute approximate surface area is 113 Å². The molecule has 6 nitrogen and oxygen atoms in total. The highest BCUT2D eigenvalue weighted by Gasteiger charge is 2.17. The van der Waals surface area contributed by atoms with Gasteiger partial charge in [0, 0.05) is 12.6 Å². The molecule has 1 aromatic rings. The summed E-state index contributed by atoms with van der Waals surface area (Å²) in [6.07, 6.45) is 0.453. The summed E-state index contributed by atoms with van der Waals surface area (Å²) >= 11 is 0. The number of methoxy groups -OCH3 is 1. The fourth-order valence-electron chi connectivity index (χ4n) is 1.54. The third-order valence-corrected chi connectivity index (χ3v) is 4.28. The zero-order chi connectivity index (χ0) is 14.5. The van der Waals surface area contributed by atoms with Crippen LogP contribution in [0, 0.1) is 0 Å². The topological polar surface area (TPSA) is 102 Å². The first kappa shape index (κ1) is 15.7. The molecule has 0 aliphatic carbocycles. The van der Waals surface area contributed by atoms with Gasteiger partial charge in [-0.25, -0.2) is 13.1 Å². The number of hydrogen-bond acceptors (Lipinski definition) is 5. The zero-order valence-electron chi connectivity index (χ0n) is 11.1. The van der Waals surface area contributed by atoms with E-state index in [0.717, 1.165) is 0 Å². The number of aliphatic hydroxyl groups excluding tert-OH is 1. The van der Waals surface area contributed by atoms with Crippen molar-refractivity contribution < 1.29 is 18.3 Å². The molecule has 0 radical (unpaired) electrons. The minimum atomic E-state index is -3.66. The van der Waals surface area contributed by atoms with E-state index in [4.69, 9.17) is 10.5 Å². The minimum absolute atomic E-state index is 0.0132. The lowest BCUT2D eigenvalue weighted by molar-refractivity contribution is 0.162. The molecule has 0 aromatic heterocycles. The van der Waals surface area contributed by atoms with E-state index in [1.54, 1.807) is 0 Å². The Bertz CT molecular complexity index is 516.